The number of anilines is 1. The van der Waals surface area contributed by atoms with Crippen molar-refractivity contribution in [3.05, 3.63) is 56.7 Å². The van der Waals surface area contributed by atoms with Crippen molar-refractivity contribution in [2.24, 2.45) is 0 Å². The summed E-state index contributed by atoms with van der Waals surface area (Å²) in [4.78, 5) is 35.4. The number of hydrogen-bond acceptors (Lipinski definition) is 4. The predicted molar refractivity (Wildman–Crippen MR) is 93.9 cm³/mol. The summed E-state index contributed by atoms with van der Waals surface area (Å²) in [6.45, 7) is 6.02. The molecule has 0 spiro atoms. The van der Waals surface area contributed by atoms with Gasteiger partial charge in [0.2, 0.25) is 0 Å². The Morgan fingerprint density at radius 2 is 1.96 bits per heavy atom. The van der Waals surface area contributed by atoms with Crippen molar-refractivity contribution in [1.29, 1.82) is 0 Å². The van der Waals surface area contributed by atoms with Crippen molar-refractivity contribution in [2.75, 3.05) is 31.1 Å². The van der Waals surface area contributed by atoms with Crippen LogP contribution < -0.4 is 10.5 Å². The van der Waals surface area contributed by atoms with Gasteiger partial charge in [-0.2, -0.15) is 0 Å². The maximum absolute atomic E-state index is 12.7. The topological polar surface area (TPSA) is 69.3 Å². The van der Waals surface area contributed by atoms with E-state index in [-0.39, 0.29) is 17.0 Å². The molecule has 0 radical (unpaired) electrons. The Labute approximate surface area is 145 Å². The predicted octanol–water partition coefficient (Wildman–Crippen LogP) is 2.00. The largest absolute Gasteiger partial charge is 0.367 e. The molecule has 0 unspecified atom stereocenters. The second-order valence-corrected chi connectivity index (χ2v) is 6.35. The minimum Gasteiger partial charge on any atom is -0.367 e. The van der Waals surface area contributed by atoms with Crippen LogP contribution in [0.3, 0.4) is 0 Å². The summed E-state index contributed by atoms with van der Waals surface area (Å²) in [6.07, 6.45) is 3.32. The number of amides is 1. The molecule has 0 aliphatic carbocycles. The minimum atomic E-state index is -0.322. The standard InChI is InChI=1S/C17H19ClN4O2/c1-11-9-12(2)20-16(23)15(11)17(24)22-7-5-21(6-8-22)14-3-4-19-10-13(14)18/h3-4,9-10H,5-8H2,1-2H3,(H,20,23). The van der Waals surface area contributed by atoms with Crippen molar-refractivity contribution in [2.45, 2.75) is 13.8 Å². The minimum absolute atomic E-state index is 0.214. The van der Waals surface area contributed by atoms with Gasteiger partial charge in [-0.1, -0.05) is 11.6 Å². The lowest BCUT2D eigenvalue weighted by molar-refractivity contribution is 0.0744. The van der Waals surface area contributed by atoms with Gasteiger partial charge in [0.15, 0.2) is 0 Å². The van der Waals surface area contributed by atoms with Crippen molar-refractivity contribution in [3.63, 3.8) is 0 Å². The Kier molecular flexibility index (Phi) is 4.57. The Hall–Kier alpha value is -2.34. The number of carbonyl (C=O) groups is 1. The highest BCUT2D eigenvalue weighted by Crippen LogP contribution is 2.25. The number of aromatic amines is 1. The molecule has 2 aromatic rings. The summed E-state index contributed by atoms with van der Waals surface area (Å²) in [7, 11) is 0. The molecule has 1 aliphatic rings. The van der Waals surface area contributed by atoms with Gasteiger partial charge in [0.05, 0.1) is 10.7 Å². The van der Waals surface area contributed by atoms with Crippen LogP contribution in [0.2, 0.25) is 5.02 Å². The van der Waals surface area contributed by atoms with E-state index in [2.05, 4.69) is 14.9 Å². The van der Waals surface area contributed by atoms with E-state index in [0.29, 0.717) is 36.8 Å². The molecule has 1 saturated heterocycles. The average Bonchev–Trinajstić information content (AvgIpc) is 2.54. The monoisotopic (exact) mass is 346 g/mol. The lowest BCUT2D eigenvalue weighted by atomic mass is 10.1. The zero-order valence-corrected chi connectivity index (χ0v) is 14.4. The van der Waals surface area contributed by atoms with E-state index in [9.17, 15) is 9.59 Å². The molecule has 3 heterocycles. The zero-order chi connectivity index (χ0) is 17.3. The van der Waals surface area contributed by atoms with Crippen molar-refractivity contribution >= 4 is 23.2 Å². The molecule has 0 aromatic carbocycles. The fourth-order valence-corrected chi connectivity index (χ4v) is 3.29. The van der Waals surface area contributed by atoms with Crippen LogP contribution in [0.1, 0.15) is 21.6 Å². The lowest BCUT2D eigenvalue weighted by Crippen LogP contribution is -2.50. The SMILES string of the molecule is Cc1cc(C)c(C(=O)N2CCN(c3ccncc3Cl)CC2)c(=O)[nH]1. The number of hydrogen-bond donors (Lipinski definition) is 1. The van der Waals surface area contributed by atoms with Crippen LogP contribution in [0.4, 0.5) is 5.69 Å². The first-order valence-corrected chi connectivity index (χ1v) is 8.19. The molecule has 7 heteroatoms. The second kappa shape index (κ2) is 6.65. The Bertz CT molecular complexity index is 826. The van der Waals surface area contributed by atoms with Crippen LogP contribution in [0.15, 0.2) is 29.3 Å². The second-order valence-electron chi connectivity index (χ2n) is 5.95. The highest BCUT2D eigenvalue weighted by molar-refractivity contribution is 6.33. The smallest absolute Gasteiger partial charge is 0.261 e. The maximum atomic E-state index is 12.7. The molecule has 24 heavy (non-hydrogen) atoms. The first-order valence-electron chi connectivity index (χ1n) is 7.81. The van der Waals surface area contributed by atoms with Crippen molar-refractivity contribution < 1.29 is 4.79 Å². The Balaban J connectivity index is 1.75. The van der Waals surface area contributed by atoms with Crippen LogP contribution in [0.5, 0.6) is 0 Å². The Morgan fingerprint density at radius 3 is 2.58 bits per heavy atom. The third kappa shape index (κ3) is 3.14. The fourth-order valence-electron chi connectivity index (χ4n) is 3.05. The van der Waals surface area contributed by atoms with Gasteiger partial charge in [-0.3, -0.25) is 14.6 Å². The average molecular weight is 347 g/mol. The van der Waals surface area contributed by atoms with E-state index in [1.165, 1.54) is 0 Å². The van der Waals surface area contributed by atoms with E-state index in [1.54, 1.807) is 31.1 Å². The maximum Gasteiger partial charge on any atom is 0.261 e. The fraction of sp³-hybridized carbons (Fsp3) is 0.353. The van der Waals surface area contributed by atoms with Crippen LogP contribution in [0, 0.1) is 13.8 Å². The molecular formula is C17H19ClN4O2. The van der Waals surface area contributed by atoms with Crippen molar-refractivity contribution in [1.82, 2.24) is 14.9 Å². The van der Waals surface area contributed by atoms with E-state index in [4.69, 9.17) is 11.6 Å². The van der Waals surface area contributed by atoms with Crippen LogP contribution in [-0.4, -0.2) is 47.0 Å². The van der Waals surface area contributed by atoms with Crippen LogP contribution >= 0.6 is 11.6 Å². The van der Waals surface area contributed by atoms with E-state index < -0.39 is 0 Å². The van der Waals surface area contributed by atoms with Crippen LogP contribution in [0.25, 0.3) is 0 Å². The molecular weight excluding hydrogens is 328 g/mol. The molecule has 0 bridgehead atoms. The molecule has 6 nitrogen and oxygen atoms in total. The number of rotatable bonds is 2. The number of pyridine rings is 2. The summed E-state index contributed by atoms with van der Waals surface area (Å²) >= 11 is 6.18. The quantitative estimate of drug-likeness (QED) is 0.903. The molecule has 1 aliphatic heterocycles. The lowest BCUT2D eigenvalue weighted by Gasteiger charge is -2.36. The zero-order valence-electron chi connectivity index (χ0n) is 13.7. The molecule has 1 amide bonds. The number of aryl methyl sites for hydroxylation is 2. The number of piperazine rings is 1. The third-order valence-electron chi connectivity index (χ3n) is 4.24. The number of nitrogens with one attached hydrogen (secondary N) is 1. The number of halogens is 1. The van der Waals surface area contributed by atoms with Gasteiger partial charge in [-0.05, 0) is 31.5 Å². The summed E-state index contributed by atoms with van der Waals surface area (Å²) in [6, 6.07) is 3.69. The summed E-state index contributed by atoms with van der Waals surface area (Å²) in [5, 5.41) is 0.600. The highest BCUT2D eigenvalue weighted by Gasteiger charge is 2.26. The van der Waals surface area contributed by atoms with E-state index in [0.717, 1.165) is 11.4 Å². The van der Waals surface area contributed by atoms with Crippen molar-refractivity contribution in [3.8, 4) is 0 Å². The van der Waals surface area contributed by atoms with Gasteiger partial charge in [-0.25, -0.2) is 0 Å². The normalized spacial score (nSPS) is 14.8. The van der Waals surface area contributed by atoms with E-state index in [1.807, 2.05) is 12.1 Å². The molecule has 0 atom stereocenters. The molecule has 3 rings (SSSR count). The number of nitrogens with zero attached hydrogens (tertiary/aromatic N) is 3. The van der Waals surface area contributed by atoms with Gasteiger partial charge in [-0.15, -0.1) is 0 Å². The summed E-state index contributed by atoms with van der Waals surface area (Å²) in [5.41, 5.74) is 2.29. The van der Waals surface area contributed by atoms with E-state index >= 15 is 0 Å². The molecule has 1 N–H and O–H groups in total. The van der Waals surface area contributed by atoms with Gasteiger partial charge < -0.3 is 14.8 Å². The number of carbonyl (C=O) groups excluding carboxylic acids is 1. The molecule has 1 fully saturated rings. The molecule has 2 aromatic heterocycles. The van der Waals surface area contributed by atoms with Gasteiger partial charge in [0, 0.05) is 44.3 Å². The van der Waals surface area contributed by atoms with Gasteiger partial charge in [0.1, 0.15) is 5.56 Å². The first kappa shape index (κ1) is 16.5. The van der Waals surface area contributed by atoms with Crippen LogP contribution in [-0.2, 0) is 0 Å². The first-order chi connectivity index (χ1) is 11.5. The highest BCUT2D eigenvalue weighted by atomic mass is 35.5. The number of aromatic nitrogens is 2. The van der Waals surface area contributed by atoms with Gasteiger partial charge in [0.25, 0.3) is 11.5 Å². The van der Waals surface area contributed by atoms with Gasteiger partial charge >= 0.3 is 0 Å². The summed E-state index contributed by atoms with van der Waals surface area (Å²) < 4.78 is 0. The third-order valence-corrected chi connectivity index (χ3v) is 4.53. The summed E-state index contributed by atoms with van der Waals surface area (Å²) in [5.74, 6) is -0.214. The molecule has 126 valence electrons. The molecule has 0 saturated carbocycles. The Morgan fingerprint density at radius 1 is 1.25 bits per heavy atom. The number of H-pyrrole nitrogens is 1.